The van der Waals surface area contributed by atoms with Crippen molar-refractivity contribution in [3.63, 3.8) is 0 Å². The van der Waals surface area contributed by atoms with E-state index in [0.29, 0.717) is 33.8 Å². The van der Waals surface area contributed by atoms with Crippen LogP contribution in [0.4, 0.5) is 10.5 Å². The van der Waals surface area contributed by atoms with Gasteiger partial charge in [-0.25, -0.2) is 9.69 Å². The average molecular weight is 538 g/mol. The van der Waals surface area contributed by atoms with E-state index < -0.39 is 17.8 Å². The van der Waals surface area contributed by atoms with Gasteiger partial charge in [-0.2, -0.15) is 0 Å². The molecule has 1 aliphatic heterocycles. The lowest BCUT2D eigenvalue weighted by Gasteiger charge is -2.26. The van der Waals surface area contributed by atoms with Crippen molar-refractivity contribution in [2.45, 2.75) is 13.3 Å². The van der Waals surface area contributed by atoms with Gasteiger partial charge in [0.25, 0.3) is 11.8 Å². The largest absolute Gasteiger partial charge is 0.497 e. The molecule has 0 atom stereocenters. The number of imide groups is 2. The normalized spacial score (nSPS) is 15.4. The Balaban J connectivity index is 2.04. The minimum Gasteiger partial charge on any atom is -0.497 e. The molecular weight excluding hydrogens is 520 g/mol. The predicted molar refractivity (Wildman–Crippen MR) is 120 cm³/mol. The Bertz CT molecular complexity index is 1030. The van der Waals surface area contributed by atoms with E-state index in [0.717, 1.165) is 15.8 Å². The Labute approximate surface area is 190 Å². The van der Waals surface area contributed by atoms with E-state index in [2.05, 4.69) is 37.2 Å². The molecule has 0 aromatic heterocycles. The van der Waals surface area contributed by atoms with Crippen LogP contribution in [0.1, 0.15) is 18.9 Å². The second-order valence-corrected chi connectivity index (χ2v) is 8.08. The Morgan fingerprint density at radius 3 is 2.43 bits per heavy atom. The number of hydrogen-bond acceptors (Lipinski definition) is 5. The van der Waals surface area contributed by atoms with E-state index in [1.807, 2.05) is 13.0 Å². The number of nitrogens with one attached hydrogen (secondary N) is 1. The van der Waals surface area contributed by atoms with Crippen molar-refractivity contribution < 1.29 is 23.9 Å². The van der Waals surface area contributed by atoms with Crippen molar-refractivity contribution in [2.24, 2.45) is 0 Å². The van der Waals surface area contributed by atoms with Crippen molar-refractivity contribution in [1.82, 2.24) is 5.32 Å². The summed E-state index contributed by atoms with van der Waals surface area (Å²) in [4.78, 5) is 38.8. The molecule has 1 saturated heterocycles. The Morgan fingerprint density at radius 2 is 1.80 bits per heavy atom. The smallest absolute Gasteiger partial charge is 0.335 e. The third-order valence-corrected chi connectivity index (χ3v) is 5.27. The van der Waals surface area contributed by atoms with Crippen molar-refractivity contribution in [1.29, 1.82) is 0 Å². The highest BCUT2D eigenvalue weighted by atomic mass is 79.9. The van der Waals surface area contributed by atoms with Crippen molar-refractivity contribution >= 4 is 61.5 Å². The van der Waals surface area contributed by atoms with Crippen molar-refractivity contribution in [3.05, 3.63) is 56.5 Å². The maximum Gasteiger partial charge on any atom is 0.335 e. The Morgan fingerprint density at radius 1 is 1.10 bits per heavy atom. The van der Waals surface area contributed by atoms with E-state index in [-0.39, 0.29) is 5.57 Å². The van der Waals surface area contributed by atoms with Gasteiger partial charge in [0.2, 0.25) is 0 Å². The van der Waals surface area contributed by atoms with Crippen LogP contribution in [0.3, 0.4) is 0 Å². The molecule has 0 aliphatic carbocycles. The van der Waals surface area contributed by atoms with Crippen LogP contribution >= 0.6 is 31.9 Å². The van der Waals surface area contributed by atoms with Gasteiger partial charge in [0, 0.05) is 10.0 Å². The zero-order chi connectivity index (χ0) is 21.8. The maximum atomic E-state index is 13.1. The van der Waals surface area contributed by atoms with Crippen molar-refractivity contribution in [2.75, 3.05) is 18.6 Å². The Hall–Kier alpha value is -2.65. The number of halogens is 2. The molecular formula is C21H18Br2N2O5. The minimum absolute atomic E-state index is 0.184. The molecule has 3 rings (SSSR count). The van der Waals surface area contributed by atoms with Gasteiger partial charge < -0.3 is 9.47 Å². The summed E-state index contributed by atoms with van der Waals surface area (Å²) in [6, 6.07) is 9.10. The maximum absolute atomic E-state index is 13.1. The first kappa shape index (κ1) is 22.0. The van der Waals surface area contributed by atoms with Gasteiger partial charge >= 0.3 is 6.03 Å². The molecule has 1 N–H and O–H groups in total. The molecule has 2 aromatic carbocycles. The minimum atomic E-state index is -0.815. The van der Waals surface area contributed by atoms with E-state index in [4.69, 9.17) is 9.47 Å². The van der Waals surface area contributed by atoms with Crippen LogP contribution in [-0.4, -0.2) is 31.6 Å². The second-order valence-electron chi connectivity index (χ2n) is 6.31. The topological polar surface area (TPSA) is 84.9 Å². The van der Waals surface area contributed by atoms with Crippen LogP contribution in [-0.2, 0) is 9.59 Å². The van der Waals surface area contributed by atoms with Gasteiger partial charge in [-0.05, 0) is 64.8 Å². The number of carbonyl (C=O) groups is 3. The van der Waals surface area contributed by atoms with Crippen LogP contribution < -0.4 is 19.7 Å². The third-order valence-electron chi connectivity index (χ3n) is 4.22. The molecule has 156 valence electrons. The summed E-state index contributed by atoms with van der Waals surface area (Å²) in [5, 5.41) is 2.21. The molecule has 30 heavy (non-hydrogen) atoms. The van der Waals surface area contributed by atoms with Crippen LogP contribution in [0.2, 0.25) is 0 Å². The zero-order valence-corrected chi connectivity index (χ0v) is 19.4. The first-order valence-corrected chi connectivity index (χ1v) is 10.6. The van der Waals surface area contributed by atoms with Gasteiger partial charge in [0.05, 0.1) is 23.9 Å². The summed E-state index contributed by atoms with van der Waals surface area (Å²) in [7, 11) is 1.52. The molecule has 7 nitrogen and oxygen atoms in total. The van der Waals surface area contributed by atoms with Gasteiger partial charge in [0.1, 0.15) is 17.1 Å². The summed E-state index contributed by atoms with van der Waals surface area (Å²) in [5.41, 5.74) is 0.651. The number of benzene rings is 2. The fraction of sp³-hybridized carbons (Fsp3) is 0.190. The van der Waals surface area contributed by atoms with E-state index in [9.17, 15) is 14.4 Å². The highest BCUT2D eigenvalue weighted by Gasteiger charge is 2.37. The molecule has 1 fully saturated rings. The van der Waals surface area contributed by atoms with E-state index in [1.54, 1.807) is 30.3 Å². The molecule has 9 heteroatoms. The molecule has 0 bridgehead atoms. The molecule has 1 heterocycles. The number of hydrogen-bond donors (Lipinski definition) is 1. The number of nitrogens with zero attached hydrogens (tertiary/aromatic N) is 1. The average Bonchev–Trinajstić information content (AvgIpc) is 2.70. The molecule has 0 spiro atoms. The van der Waals surface area contributed by atoms with Crippen LogP contribution in [0.15, 0.2) is 50.9 Å². The van der Waals surface area contributed by atoms with E-state index >= 15 is 0 Å². The monoisotopic (exact) mass is 536 g/mol. The van der Waals surface area contributed by atoms with Gasteiger partial charge in [-0.1, -0.05) is 22.9 Å². The molecule has 0 saturated carbocycles. The quantitative estimate of drug-likeness (QED) is 0.427. The first-order chi connectivity index (χ1) is 14.3. The fourth-order valence-corrected chi connectivity index (χ4v) is 4.20. The van der Waals surface area contributed by atoms with Crippen LogP contribution in [0.25, 0.3) is 6.08 Å². The number of amides is 4. The fourth-order valence-electron chi connectivity index (χ4n) is 2.82. The number of anilines is 1. The number of urea groups is 1. The number of barbiturate groups is 1. The SMILES string of the molecule is CCCOc1c(Br)cc(Br)cc1/C=C1\C(=O)NC(=O)N(c2ccc(OC)cc2)C1=O. The lowest BCUT2D eigenvalue weighted by atomic mass is 10.1. The van der Waals surface area contributed by atoms with Crippen LogP contribution in [0.5, 0.6) is 11.5 Å². The van der Waals surface area contributed by atoms with Gasteiger partial charge in [-0.15, -0.1) is 0 Å². The number of rotatable bonds is 6. The first-order valence-electron chi connectivity index (χ1n) is 9.03. The van der Waals surface area contributed by atoms with Crippen LogP contribution in [0, 0.1) is 0 Å². The highest BCUT2D eigenvalue weighted by Crippen LogP contribution is 2.35. The number of methoxy groups -OCH3 is 1. The third kappa shape index (κ3) is 4.57. The molecule has 2 aromatic rings. The summed E-state index contributed by atoms with van der Waals surface area (Å²) in [6.07, 6.45) is 2.21. The second kappa shape index (κ2) is 9.44. The lowest BCUT2D eigenvalue weighted by molar-refractivity contribution is -0.122. The lowest BCUT2D eigenvalue weighted by Crippen LogP contribution is -2.54. The summed E-state index contributed by atoms with van der Waals surface area (Å²) < 4.78 is 12.3. The van der Waals surface area contributed by atoms with Gasteiger partial charge in [0.15, 0.2) is 0 Å². The summed E-state index contributed by atoms with van der Waals surface area (Å²) in [5.74, 6) is -0.424. The number of ether oxygens (including phenoxy) is 2. The zero-order valence-electron chi connectivity index (χ0n) is 16.2. The Kier molecular flexibility index (Phi) is 6.94. The summed E-state index contributed by atoms with van der Waals surface area (Å²) >= 11 is 6.85. The van der Waals surface area contributed by atoms with E-state index in [1.165, 1.54) is 13.2 Å². The van der Waals surface area contributed by atoms with Crippen molar-refractivity contribution in [3.8, 4) is 11.5 Å². The predicted octanol–water partition coefficient (Wildman–Crippen LogP) is 4.68. The van der Waals surface area contributed by atoms with Gasteiger partial charge in [-0.3, -0.25) is 14.9 Å². The molecule has 0 unspecified atom stereocenters. The highest BCUT2D eigenvalue weighted by molar-refractivity contribution is 9.11. The number of carbonyl (C=O) groups excluding carboxylic acids is 3. The molecule has 0 radical (unpaired) electrons. The molecule has 4 amide bonds. The standard InChI is InChI=1S/C21H18Br2N2O5/c1-3-8-30-18-12(9-13(22)11-17(18)23)10-16-19(26)24-21(28)25(20(16)27)14-4-6-15(29-2)7-5-14/h4-7,9-11H,3,8H2,1-2H3,(H,24,26,28)/b16-10+. The molecule has 1 aliphatic rings. The summed E-state index contributed by atoms with van der Waals surface area (Å²) in [6.45, 7) is 2.44.